The third-order valence-corrected chi connectivity index (χ3v) is 5.34. The highest BCUT2D eigenvalue weighted by Gasteiger charge is 2.30. The maximum atomic E-state index is 14.2. The highest BCUT2D eigenvalue weighted by molar-refractivity contribution is 5.68. The van der Waals surface area contributed by atoms with Gasteiger partial charge in [0.25, 0.3) is 5.92 Å². The highest BCUT2D eigenvalue weighted by Crippen LogP contribution is 2.37. The van der Waals surface area contributed by atoms with Crippen LogP contribution in [0.4, 0.5) is 8.78 Å². The van der Waals surface area contributed by atoms with Gasteiger partial charge in [0.1, 0.15) is 0 Å². The fourth-order valence-corrected chi connectivity index (χ4v) is 3.38. The van der Waals surface area contributed by atoms with Gasteiger partial charge < -0.3 is 5.32 Å². The molecule has 0 aliphatic heterocycles. The van der Waals surface area contributed by atoms with Crippen LogP contribution in [0.1, 0.15) is 81.7 Å². The number of allylic oxidation sites excluding steroid dienone is 1. The van der Waals surface area contributed by atoms with Crippen LogP contribution in [0, 0.1) is 5.92 Å². The summed E-state index contributed by atoms with van der Waals surface area (Å²) in [6.45, 7) is 12.1. The van der Waals surface area contributed by atoms with E-state index in [1.54, 1.807) is 6.07 Å². The number of hydrogen-bond acceptors (Lipinski definition) is 1. The Labute approximate surface area is 145 Å². The molecular weight excluding hydrogens is 304 g/mol. The Kier molecular flexibility index (Phi) is 6.19. The third-order valence-electron chi connectivity index (χ3n) is 5.34. The van der Waals surface area contributed by atoms with E-state index in [0.29, 0.717) is 6.42 Å². The maximum Gasteiger partial charge on any atom is 0.270 e. The first-order valence-corrected chi connectivity index (χ1v) is 9.24. The Balaban J connectivity index is 2.37. The molecule has 2 rings (SSSR count). The number of rotatable bonds is 8. The van der Waals surface area contributed by atoms with E-state index in [1.807, 2.05) is 13.8 Å². The quantitative estimate of drug-likeness (QED) is 0.593. The average Bonchev–Trinajstić information content (AvgIpc) is 2.50. The second-order valence-corrected chi connectivity index (χ2v) is 7.22. The van der Waals surface area contributed by atoms with E-state index >= 15 is 0 Å². The van der Waals surface area contributed by atoms with Crippen molar-refractivity contribution in [3.8, 4) is 0 Å². The van der Waals surface area contributed by atoms with Crippen molar-refractivity contribution < 1.29 is 8.78 Å². The zero-order valence-electron chi connectivity index (χ0n) is 15.5. The Bertz CT molecular complexity index is 582. The first kappa shape index (κ1) is 19.1. The lowest BCUT2D eigenvalue weighted by molar-refractivity contribution is 0.0164. The summed E-state index contributed by atoms with van der Waals surface area (Å²) in [5.74, 6) is -2.09. The molecule has 1 saturated carbocycles. The summed E-state index contributed by atoms with van der Waals surface area (Å²) >= 11 is 0. The zero-order chi connectivity index (χ0) is 17.9. The maximum absolute atomic E-state index is 14.2. The first-order chi connectivity index (χ1) is 11.3. The van der Waals surface area contributed by atoms with E-state index in [1.165, 1.54) is 19.3 Å². The van der Waals surface area contributed by atoms with Crippen LogP contribution in [0.15, 0.2) is 18.7 Å². The summed E-state index contributed by atoms with van der Waals surface area (Å²) in [5, 5.41) is 3.53. The van der Waals surface area contributed by atoms with Crippen LogP contribution in [-0.2, 0) is 12.3 Å². The largest absolute Gasteiger partial charge is 0.310 e. The Hall–Kier alpha value is -1.22. The zero-order valence-corrected chi connectivity index (χ0v) is 15.5. The lowest BCUT2D eigenvalue weighted by Crippen LogP contribution is -2.29. The van der Waals surface area contributed by atoms with E-state index in [2.05, 4.69) is 24.9 Å². The van der Waals surface area contributed by atoms with Crippen molar-refractivity contribution in [2.75, 3.05) is 6.54 Å². The lowest BCUT2D eigenvalue weighted by atomic mass is 9.84. The van der Waals surface area contributed by atoms with Crippen molar-refractivity contribution in [1.82, 2.24) is 5.32 Å². The molecule has 1 aliphatic rings. The predicted octanol–water partition coefficient (Wildman–Crippen LogP) is 6.23. The van der Waals surface area contributed by atoms with Gasteiger partial charge in [-0.2, -0.15) is 0 Å². The second-order valence-electron chi connectivity index (χ2n) is 7.22. The minimum atomic E-state index is -2.84. The number of alkyl halides is 2. The van der Waals surface area contributed by atoms with Gasteiger partial charge in [0.2, 0.25) is 0 Å². The van der Waals surface area contributed by atoms with Crippen LogP contribution >= 0.6 is 0 Å². The molecular formula is C21H31F2N. The van der Waals surface area contributed by atoms with Crippen LogP contribution in [0.3, 0.4) is 0 Å². The molecule has 0 radical (unpaired) electrons. The number of halogens is 2. The SMILES string of the molecule is C=C(CC)c1cc(C(C)NCC2CCC2)cc(C(C)(F)F)c1CC. The van der Waals surface area contributed by atoms with Crippen LogP contribution in [-0.4, -0.2) is 6.54 Å². The molecule has 1 fully saturated rings. The van der Waals surface area contributed by atoms with Gasteiger partial charge in [0, 0.05) is 18.5 Å². The van der Waals surface area contributed by atoms with E-state index in [0.717, 1.165) is 48.1 Å². The highest BCUT2D eigenvalue weighted by atomic mass is 19.3. The molecule has 1 N–H and O–H groups in total. The molecule has 1 aromatic rings. The molecule has 0 bridgehead atoms. The Morgan fingerprint density at radius 3 is 2.46 bits per heavy atom. The molecule has 3 heteroatoms. The normalized spacial score (nSPS) is 16.8. The van der Waals surface area contributed by atoms with Gasteiger partial charge >= 0.3 is 0 Å². The molecule has 1 unspecified atom stereocenters. The molecule has 134 valence electrons. The summed E-state index contributed by atoms with van der Waals surface area (Å²) < 4.78 is 28.4. The Morgan fingerprint density at radius 1 is 1.33 bits per heavy atom. The third kappa shape index (κ3) is 4.24. The van der Waals surface area contributed by atoms with Gasteiger partial charge in [-0.3, -0.25) is 0 Å². The topological polar surface area (TPSA) is 12.0 Å². The van der Waals surface area contributed by atoms with E-state index in [4.69, 9.17) is 0 Å². The lowest BCUT2D eigenvalue weighted by Gasteiger charge is -2.28. The molecule has 0 aromatic heterocycles. The standard InChI is InChI=1S/C21H31F2N/c1-6-14(3)19-11-17(15(4)24-13-16-9-8-10-16)12-20(18(19)7-2)21(5,22)23/h11-12,15-16,24H,3,6-10,13H2,1-2,4-5H3. The van der Waals surface area contributed by atoms with Crippen molar-refractivity contribution in [2.24, 2.45) is 5.92 Å². The van der Waals surface area contributed by atoms with Gasteiger partial charge in [0.15, 0.2) is 0 Å². The summed E-state index contributed by atoms with van der Waals surface area (Å²) in [6.07, 6.45) is 5.25. The first-order valence-electron chi connectivity index (χ1n) is 9.24. The van der Waals surface area contributed by atoms with Crippen LogP contribution in [0.25, 0.3) is 5.57 Å². The molecule has 1 nitrogen and oxygen atoms in total. The van der Waals surface area contributed by atoms with Crippen molar-refractivity contribution in [2.45, 2.75) is 71.8 Å². The molecule has 0 saturated heterocycles. The second kappa shape index (κ2) is 7.77. The molecule has 1 aromatic carbocycles. The monoisotopic (exact) mass is 335 g/mol. The number of nitrogens with one attached hydrogen (secondary N) is 1. The summed E-state index contributed by atoms with van der Waals surface area (Å²) in [6, 6.07) is 3.84. The fraction of sp³-hybridized carbons (Fsp3) is 0.619. The van der Waals surface area contributed by atoms with Gasteiger partial charge in [-0.15, -0.1) is 0 Å². The molecule has 0 amide bonds. The minimum absolute atomic E-state index is 0.0704. The smallest absolute Gasteiger partial charge is 0.270 e. The van der Waals surface area contributed by atoms with Crippen molar-refractivity contribution >= 4 is 5.57 Å². The van der Waals surface area contributed by atoms with Crippen molar-refractivity contribution in [3.63, 3.8) is 0 Å². The van der Waals surface area contributed by atoms with Crippen molar-refractivity contribution in [1.29, 1.82) is 0 Å². The van der Waals surface area contributed by atoms with Crippen molar-refractivity contribution in [3.05, 3.63) is 41.0 Å². The average molecular weight is 335 g/mol. The van der Waals surface area contributed by atoms with Crippen LogP contribution in [0.2, 0.25) is 0 Å². The number of benzene rings is 1. The van der Waals surface area contributed by atoms with Crippen LogP contribution < -0.4 is 5.32 Å². The summed E-state index contributed by atoms with van der Waals surface area (Å²) in [7, 11) is 0. The van der Waals surface area contributed by atoms with Gasteiger partial charge in [-0.25, -0.2) is 8.78 Å². The van der Waals surface area contributed by atoms with Crippen LogP contribution in [0.5, 0.6) is 0 Å². The van der Waals surface area contributed by atoms with Gasteiger partial charge in [-0.05, 0) is 79.5 Å². The fourth-order valence-electron chi connectivity index (χ4n) is 3.38. The number of hydrogen-bond donors (Lipinski definition) is 1. The molecule has 1 aliphatic carbocycles. The molecule has 0 heterocycles. The van der Waals surface area contributed by atoms with Gasteiger partial charge in [0.05, 0.1) is 0 Å². The summed E-state index contributed by atoms with van der Waals surface area (Å²) in [4.78, 5) is 0. The van der Waals surface area contributed by atoms with Gasteiger partial charge in [-0.1, -0.05) is 26.8 Å². The minimum Gasteiger partial charge on any atom is -0.310 e. The van der Waals surface area contributed by atoms with E-state index < -0.39 is 5.92 Å². The summed E-state index contributed by atoms with van der Waals surface area (Å²) in [5.41, 5.74) is 3.68. The Morgan fingerprint density at radius 2 is 2.00 bits per heavy atom. The van der Waals surface area contributed by atoms with E-state index in [9.17, 15) is 8.78 Å². The molecule has 0 spiro atoms. The molecule has 1 atom stereocenters. The molecule has 24 heavy (non-hydrogen) atoms. The van der Waals surface area contributed by atoms with E-state index in [-0.39, 0.29) is 11.6 Å². The predicted molar refractivity (Wildman–Crippen MR) is 98.5 cm³/mol.